The molecule has 1 saturated heterocycles. The molecule has 0 aromatic carbocycles. The molecular formula is C19H35N3O3. The summed E-state index contributed by atoms with van der Waals surface area (Å²) in [6.45, 7) is 5.67. The van der Waals surface area contributed by atoms with Crippen LogP contribution in [0.5, 0.6) is 0 Å². The van der Waals surface area contributed by atoms with Gasteiger partial charge in [-0.25, -0.2) is 4.79 Å². The third-order valence-electron chi connectivity index (χ3n) is 5.44. The molecule has 1 saturated carbocycles. The van der Waals surface area contributed by atoms with Gasteiger partial charge in [0, 0.05) is 25.7 Å². The minimum atomic E-state index is -0.464. The Kier molecular flexibility index (Phi) is 8.00. The molecule has 3 N–H and O–H groups in total. The largest absolute Gasteiger partial charge is 0.396 e. The van der Waals surface area contributed by atoms with E-state index in [0.717, 1.165) is 25.7 Å². The quantitative estimate of drug-likeness (QED) is 0.685. The van der Waals surface area contributed by atoms with E-state index in [1.54, 1.807) is 0 Å². The molecule has 1 heterocycles. The van der Waals surface area contributed by atoms with Gasteiger partial charge in [-0.2, -0.15) is 0 Å². The van der Waals surface area contributed by atoms with Crippen LogP contribution in [0.4, 0.5) is 4.79 Å². The summed E-state index contributed by atoms with van der Waals surface area (Å²) in [5, 5.41) is 15.2. The Bertz CT molecular complexity index is 428. The molecule has 1 aliphatic heterocycles. The second-order valence-corrected chi connectivity index (χ2v) is 8.09. The van der Waals surface area contributed by atoms with Crippen molar-refractivity contribution in [2.75, 3.05) is 19.7 Å². The van der Waals surface area contributed by atoms with Crippen LogP contribution in [0, 0.1) is 11.8 Å². The number of hydrogen-bond acceptors (Lipinski definition) is 3. The number of urea groups is 1. The summed E-state index contributed by atoms with van der Waals surface area (Å²) in [6, 6.07) is -0.436. The number of aliphatic hydroxyl groups excluding tert-OH is 1. The standard InChI is InChI=1S/C19H35N3O3/c1-14(2)12-17(18(24)22-10-8-15(13-23)9-11-22)21-19(25)20-16-6-4-3-5-7-16/h14-17,23H,3-13H2,1-2H3,(H2,20,21,25). The minimum Gasteiger partial charge on any atom is -0.396 e. The molecule has 6 nitrogen and oxygen atoms in total. The fraction of sp³-hybridized carbons (Fsp3) is 0.895. The predicted octanol–water partition coefficient (Wildman–Crippen LogP) is 2.26. The summed E-state index contributed by atoms with van der Waals surface area (Å²) in [4.78, 5) is 27.1. The summed E-state index contributed by atoms with van der Waals surface area (Å²) in [7, 11) is 0. The Morgan fingerprint density at radius 1 is 1.08 bits per heavy atom. The van der Waals surface area contributed by atoms with Gasteiger partial charge < -0.3 is 20.6 Å². The lowest BCUT2D eigenvalue weighted by atomic mass is 9.95. The Labute approximate surface area is 151 Å². The number of carbonyl (C=O) groups is 2. The van der Waals surface area contributed by atoms with Crippen molar-refractivity contribution in [3.8, 4) is 0 Å². The average molecular weight is 354 g/mol. The first-order chi connectivity index (χ1) is 12.0. The number of amides is 3. The molecule has 1 atom stereocenters. The van der Waals surface area contributed by atoms with Gasteiger partial charge in [0.15, 0.2) is 0 Å². The number of nitrogens with zero attached hydrogens (tertiary/aromatic N) is 1. The van der Waals surface area contributed by atoms with Crippen LogP contribution in [0.15, 0.2) is 0 Å². The van der Waals surface area contributed by atoms with Gasteiger partial charge in [-0.05, 0) is 43.9 Å². The maximum Gasteiger partial charge on any atom is 0.315 e. The fourth-order valence-corrected chi connectivity index (χ4v) is 3.88. The summed E-state index contributed by atoms with van der Waals surface area (Å²) >= 11 is 0. The van der Waals surface area contributed by atoms with Gasteiger partial charge in [0.25, 0.3) is 0 Å². The van der Waals surface area contributed by atoms with Crippen LogP contribution in [0.3, 0.4) is 0 Å². The minimum absolute atomic E-state index is 0.0175. The lowest BCUT2D eigenvalue weighted by molar-refractivity contribution is -0.135. The first-order valence-electron chi connectivity index (χ1n) is 9.96. The Morgan fingerprint density at radius 3 is 2.28 bits per heavy atom. The van der Waals surface area contributed by atoms with Crippen LogP contribution in [0.1, 0.15) is 65.2 Å². The van der Waals surface area contributed by atoms with E-state index in [9.17, 15) is 14.7 Å². The molecule has 2 rings (SSSR count). The molecule has 0 spiro atoms. The Morgan fingerprint density at radius 2 is 1.72 bits per heavy atom. The molecule has 3 amide bonds. The SMILES string of the molecule is CC(C)CC(NC(=O)NC1CCCCC1)C(=O)N1CCC(CO)CC1. The zero-order valence-corrected chi connectivity index (χ0v) is 15.8. The van der Waals surface area contributed by atoms with E-state index in [4.69, 9.17) is 0 Å². The van der Waals surface area contributed by atoms with E-state index in [1.165, 1.54) is 19.3 Å². The number of likely N-dealkylation sites (tertiary alicyclic amines) is 1. The van der Waals surface area contributed by atoms with E-state index < -0.39 is 6.04 Å². The van der Waals surface area contributed by atoms with Crippen molar-refractivity contribution in [2.24, 2.45) is 11.8 Å². The highest BCUT2D eigenvalue weighted by Gasteiger charge is 2.30. The van der Waals surface area contributed by atoms with Crippen LogP contribution in [-0.2, 0) is 4.79 Å². The number of carbonyl (C=O) groups excluding carboxylic acids is 2. The van der Waals surface area contributed by atoms with Gasteiger partial charge in [0.05, 0.1) is 0 Å². The average Bonchev–Trinajstić information content (AvgIpc) is 2.61. The van der Waals surface area contributed by atoms with Crippen LogP contribution in [0.2, 0.25) is 0 Å². The molecule has 1 unspecified atom stereocenters. The number of nitrogens with one attached hydrogen (secondary N) is 2. The molecule has 0 aromatic rings. The van der Waals surface area contributed by atoms with E-state index in [0.29, 0.717) is 31.3 Å². The van der Waals surface area contributed by atoms with Crippen molar-refractivity contribution >= 4 is 11.9 Å². The van der Waals surface area contributed by atoms with Gasteiger partial charge in [-0.1, -0.05) is 33.1 Å². The lowest BCUT2D eigenvalue weighted by Crippen LogP contribution is -2.54. The predicted molar refractivity (Wildman–Crippen MR) is 98.2 cm³/mol. The van der Waals surface area contributed by atoms with Gasteiger partial charge in [0.2, 0.25) is 5.91 Å². The molecule has 0 aromatic heterocycles. The molecule has 1 aliphatic carbocycles. The molecule has 6 heteroatoms. The van der Waals surface area contributed by atoms with Crippen molar-refractivity contribution in [3.63, 3.8) is 0 Å². The van der Waals surface area contributed by atoms with Crippen LogP contribution < -0.4 is 10.6 Å². The second kappa shape index (κ2) is 10.00. The van der Waals surface area contributed by atoms with Gasteiger partial charge in [-0.15, -0.1) is 0 Å². The van der Waals surface area contributed by atoms with Crippen molar-refractivity contribution in [2.45, 2.75) is 77.3 Å². The Balaban J connectivity index is 1.88. The highest BCUT2D eigenvalue weighted by Crippen LogP contribution is 2.19. The van der Waals surface area contributed by atoms with Gasteiger partial charge >= 0.3 is 6.03 Å². The maximum absolute atomic E-state index is 12.9. The normalized spacial score (nSPS) is 21.2. The molecule has 0 radical (unpaired) electrons. The topological polar surface area (TPSA) is 81.7 Å². The van der Waals surface area contributed by atoms with Crippen molar-refractivity contribution in [1.82, 2.24) is 15.5 Å². The zero-order valence-electron chi connectivity index (χ0n) is 15.8. The maximum atomic E-state index is 12.9. The fourth-order valence-electron chi connectivity index (χ4n) is 3.88. The smallest absolute Gasteiger partial charge is 0.315 e. The zero-order chi connectivity index (χ0) is 18.2. The van der Waals surface area contributed by atoms with Crippen molar-refractivity contribution < 1.29 is 14.7 Å². The highest BCUT2D eigenvalue weighted by atomic mass is 16.3. The molecule has 25 heavy (non-hydrogen) atoms. The van der Waals surface area contributed by atoms with Crippen LogP contribution in [-0.4, -0.2) is 53.7 Å². The van der Waals surface area contributed by atoms with Crippen molar-refractivity contribution in [1.29, 1.82) is 0 Å². The molecule has 2 aliphatic rings. The summed E-state index contributed by atoms with van der Waals surface area (Å²) in [5.41, 5.74) is 0. The number of piperidine rings is 1. The van der Waals surface area contributed by atoms with E-state index in [-0.39, 0.29) is 24.6 Å². The lowest BCUT2D eigenvalue weighted by Gasteiger charge is -2.34. The van der Waals surface area contributed by atoms with Gasteiger partial charge in [-0.3, -0.25) is 4.79 Å². The van der Waals surface area contributed by atoms with Gasteiger partial charge in [0.1, 0.15) is 6.04 Å². The monoisotopic (exact) mass is 353 g/mol. The van der Waals surface area contributed by atoms with E-state index in [2.05, 4.69) is 24.5 Å². The van der Waals surface area contributed by atoms with Crippen molar-refractivity contribution in [3.05, 3.63) is 0 Å². The number of hydrogen-bond donors (Lipinski definition) is 3. The molecular weight excluding hydrogens is 318 g/mol. The summed E-state index contributed by atoms with van der Waals surface area (Å²) < 4.78 is 0. The molecule has 2 fully saturated rings. The summed E-state index contributed by atoms with van der Waals surface area (Å²) in [5.74, 6) is 0.651. The third kappa shape index (κ3) is 6.49. The Hall–Kier alpha value is -1.30. The summed E-state index contributed by atoms with van der Waals surface area (Å²) in [6.07, 6.45) is 7.97. The highest BCUT2D eigenvalue weighted by molar-refractivity contribution is 5.87. The molecule has 0 bridgehead atoms. The molecule has 144 valence electrons. The van der Waals surface area contributed by atoms with E-state index >= 15 is 0 Å². The first-order valence-corrected chi connectivity index (χ1v) is 9.96. The third-order valence-corrected chi connectivity index (χ3v) is 5.44. The number of rotatable bonds is 6. The van der Waals surface area contributed by atoms with Crippen LogP contribution >= 0.6 is 0 Å². The number of aliphatic hydroxyl groups is 1. The second-order valence-electron chi connectivity index (χ2n) is 8.09. The van der Waals surface area contributed by atoms with Crippen LogP contribution in [0.25, 0.3) is 0 Å². The van der Waals surface area contributed by atoms with E-state index in [1.807, 2.05) is 4.90 Å². The first kappa shape index (κ1) is 20.0.